The van der Waals surface area contributed by atoms with E-state index in [4.69, 9.17) is 4.74 Å². The fourth-order valence-electron chi connectivity index (χ4n) is 3.11. The highest BCUT2D eigenvalue weighted by Gasteiger charge is 2.54. The number of carbonyl (C=O) groups excluding carboxylic acids is 1. The molecule has 0 N–H and O–H groups in total. The molecule has 2 heterocycles. The molecule has 1 aliphatic carbocycles. The van der Waals surface area contributed by atoms with E-state index in [1.54, 1.807) is 0 Å². The fraction of sp³-hybridized carbons (Fsp3) is 0.750. The maximum absolute atomic E-state index is 13.5. The Morgan fingerprint density at radius 3 is 2.65 bits per heavy atom. The third-order valence-electron chi connectivity index (χ3n) is 4.42. The second kappa shape index (κ2) is 4.78. The average Bonchev–Trinajstić information content (AvgIpc) is 2.41. The fourth-order valence-corrected chi connectivity index (χ4v) is 5.25. The molecule has 1 saturated heterocycles. The van der Waals surface area contributed by atoms with E-state index < -0.39 is 32.9 Å². The van der Waals surface area contributed by atoms with Crippen molar-refractivity contribution >= 4 is 15.9 Å². The summed E-state index contributed by atoms with van der Waals surface area (Å²) >= 11 is 0. The van der Waals surface area contributed by atoms with Gasteiger partial charge in [0.1, 0.15) is 0 Å². The number of amides is 1. The summed E-state index contributed by atoms with van der Waals surface area (Å²) in [5.74, 6) is -1.95. The van der Waals surface area contributed by atoms with Gasteiger partial charge < -0.3 is 9.64 Å². The van der Waals surface area contributed by atoms with Gasteiger partial charge in [0.25, 0.3) is 5.91 Å². The van der Waals surface area contributed by atoms with Crippen molar-refractivity contribution in [1.29, 1.82) is 0 Å². The van der Waals surface area contributed by atoms with Gasteiger partial charge in [0, 0.05) is 32.1 Å². The molecule has 1 saturated carbocycles. The number of hydrogen-bond donors (Lipinski definition) is 0. The van der Waals surface area contributed by atoms with Crippen LogP contribution in [0, 0.1) is 5.92 Å². The van der Waals surface area contributed by atoms with E-state index in [0.717, 1.165) is 0 Å². The van der Waals surface area contributed by atoms with Crippen molar-refractivity contribution in [3.05, 3.63) is 11.9 Å². The molecule has 6 nitrogen and oxygen atoms in total. The van der Waals surface area contributed by atoms with Gasteiger partial charge in [-0.3, -0.25) is 4.79 Å². The van der Waals surface area contributed by atoms with E-state index in [-0.39, 0.29) is 6.04 Å². The van der Waals surface area contributed by atoms with Gasteiger partial charge in [0.15, 0.2) is 5.83 Å². The minimum Gasteiger partial charge on any atom is -0.379 e. The Kier molecular flexibility index (Phi) is 3.34. The number of rotatable bonds is 2. The molecule has 0 aromatic carbocycles. The van der Waals surface area contributed by atoms with Crippen molar-refractivity contribution in [3.8, 4) is 0 Å². The third-order valence-corrected chi connectivity index (χ3v) is 6.78. The van der Waals surface area contributed by atoms with Gasteiger partial charge in [0.05, 0.1) is 18.5 Å². The number of morpholine rings is 1. The zero-order valence-corrected chi connectivity index (χ0v) is 12.0. The van der Waals surface area contributed by atoms with Crippen LogP contribution in [0.25, 0.3) is 0 Å². The van der Waals surface area contributed by atoms with Crippen molar-refractivity contribution < 1.29 is 22.3 Å². The summed E-state index contributed by atoms with van der Waals surface area (Å²) in [6.45, 7) is 1.47. The second-order valence-corrected chi connectivity index (χ2v) is 7.56. The maximum Gasteiger partial charge on any atom is 0.282 e. The lowest BCUT2D eigenvalue weighted by Gasteiger charge is -2.50. The number of carbonyl (C=O) groups is 1. The van der Waals surface area contributed by atoms with Gasteiger partial charge >= 0.3 is 0 Å². The molecule has 20 heavy (non-hydrogen) atoms. The summed E-state index contributed by atoms with van der Waals surface area (Å²) in [7, 11) is -1.94. The van der Waals surface area contributed by atoms with Gasteiger partial charge in [-0.05, 0) is 12.5 Å². The molecule has 3 atom stereocenters. The molecular weight excluding hydrogens is 287 g/mol. The number of ether oxygens (including phenoxy) is 1. The minimum absolute atomic E-state index is 0.206. The average molecular weight is 304 g/mol. The van der Waals surface area contributed by atoms with E-state index in [2.05, 4.69) is 0 Å². The Morgan fingerprint density at radius 1 is 1.35 bits per heavy atom. The zero-order valence-electron chi connectivity index (χ0n) is 11.2. The maximum atomic E-state index is 13.5. The SMILES string of the molecule is CN1C(=O)C(F)=C[C@@H]2[C@H]1C[C@H]2S(=O)(=O)N1CCOCC1. The van der Waals surface area contributed by atoms with Crippen LogP contribution in [-0.2, 0) is 19.6 Å². The summed E-state index contributed by atoms with van der Waals surface area (Å²) in [4.78, 5) is 12.8. The molecule has 8 heteroatoms. The van der Waals surface area contributed by atoms with Crippen LogP contribution in [0.1, 0.15) is 6.42 Å². The van der Waals surface area contributed by atoms with E-state index in [9.17, 15) is 17.6 Å². The molecule has 2 aliphatic heterocycles. The summed E-state index contributed by atoms with van der Waals surface area (Å²) in [6.07, 6.45) is 1.55. The number of halogens is 1. The highest BCUT2D eigenvalue weighted by Crippen LogP contribution is 2.43. The Hall–Kier alpha value is -0.990. The summed E-state index contributed by atoms with van der Waals surface area (Å²) in [5, 5.41) is -0.633. The van der Waals surface area contributed by atoms with E-state index in [0.29, 0.717) is 32.7 Å². The molecule has 112 valence electrons. The lowest BCUT2D eigenvalue weighted by molar-refractivity contribution is -0.133. The van der Waals surface area contributed by atoms with Gasteiger partial charge in [-0.1, -0.05) is 0 Å². The molecule has 0 aromatic rings. The molecule has 0 unspecified atom stereocenters. The Balaban J connectivity index is 1.82. The first-order valence-corrected chi connectivity index (χ1v) is 8.14. The van der Waals surface area contributed by atoms with Crippen LogP contribution in [0.5, 0.6) is 0 Å². The Morgan fingerprint density at radius 2 is 2.00 bits per heavy atom. The van der Waals surface area contributed by atoms with E-state index in [1.165, 1.54) is 22.3 Å². The van der Waals surface area contributed by atoms with Crippen molar-refractivity contribution in [2.24, 2.45) is 5.92 Å². The van der Waals surface area contributed by atoms with Gasteiger partial charge in [0.2, 0.25) is 10.0 Å². The first kappa shape index (κ1) is 14.0. The van der Waals surface area contributed by atoms with Crippen LogP contribution in [-0.4, -0.2) is 68.2 Å². The molecule has 0 aromatic heterocycles. The normalized spacial score (nSPS) is 35.3. The lowest BCUT2D eigenvalue weighted by atomic mass is 9.75. The Labute approximate surface area is 117 Å². The van der Waals surface area contributed by atoms with Crippen LogP contribution >= 0.6 is 0 Å². The quantitative estimate of drug-likeness (QED) is 0.704. The van der Waals surface area contributed by atoms with E-state index >= 15 is 0 Å². The van der Waals surface area contributed by atoms with Gasteiger partial charge in [-0.15, -0.1) is 0 Å². The molecule has 3 rings (SSSR count). The number of nitrogens with zero attached hydrogens (tertiary/aromatic N) is 2. The zero-order chi connectivity index (χ0) is 14.5. The molecule has 3 aliphatic rings. The van der Waals surface area contributed by atoms with Crippen LogP contribution < -0.4 is 0 Å². The molecule has 0 bridgehead atoms. The predicted octanol–water partition coefficient (Wildman–Crippen LogP) is -0.269. The lowest BCUT2D eigenvalue weighted by Crippen LogP contribution is -2.62. The van der Waals surface area contributed by atoms with Crippen LogP contribution in [0.3, 0.4) is 0 Å². The molecule has 0 spiro atoms. The monoisotopic (exact) mass is 304 g/mol. The predicted molar refractivity (Wildman–Crippen MR) is 69.0 cm³/mol. The summed E-state index contributed by atoms with van der Waals surface area (Å²) in [6, 6.07) is -0.206. The van der Waals surface area contributed by atoms with Crippen LogP contribution in [0.4, 0.5) is 4.39 Å². The standard InChI is InChI=1S/C12H17FN2O4S/c1-14-10-7-11(8(10)6-9(13)12(14)16)20(17,18)15-2-4-19-5-3-15/h6,8,10-11H,2-5,7H2,1H3/t8-,10-,11-/m1/s1. The van der Waals surface area contributed by atoms with Crippen molar-refractivity contribution in [3.63, 3.8) is 0 Å². The third kappa shape index (κ3) is 1.97. The Bertz CT molecular complexity index is 556. The smallest absolute Gasteiger partial charge is 0.282 e. The number of likely N-dealkylation sites (N-methyl/N-ethyl adjacent to an activating group) is 1. The molecule has 0 radical (unpaired) electrons. The second-order valence-electron chi connectivity index (χ2n) is 5.41. The first-order chi connectivity index (χ1) is 9.43. The number of sulfonamides is 1. The van der Waals surface area contributed by atoms with Crippen molar-refractivity contribution in [2.45, 2.75) is 17.7 Å². The summed E-state index contributed by atoms with van der Waals surface area (Å²) in [5.41, 5.74) is 0. The van der Waals surface area contributed by atoms with Crippen molar-refractivity contribution in [2.75, 3.05) is 33.4 Å². The highest BCUT2D eigenvalue weighted by atomic mass is 32.2. The molecule has 2 fully saturated rings. The van der Waals surface area contributed by atoms with Gasteiger partial charge in [-0.25, -0.2) is 12.8 Å². The van der Waals surface area contributed by atoms with Crippen LogP contribution in [0.2, 0.25) is 0 Å². The minimum atomic E-state index is -3.46. The first-order valence-electron chi connectivity index (χ1n) is 6.64. The topological polar surface area (TPSA) is 66.9 Å². The van der Waals surface area contributed by atoms with Crippen LogP contribution in [0.15, 0.2) is 11.9 Å². The number of hydrogen-bond acceptors (Lipinski definition) is 4. The highest BCUT2D eigenvalue weighted by molar-refractivity contribution is 7.89. The largest absolute Gasteiger partial charge is 0.379 e. The molecule has 1 amide bonds. The number of fused-ring (bicyclic) bond motifs is 1. The van der Waals surface area contributed by atoms with Gasteiger partial charge in [-0.2, -0.15) is 4.31 Å². The molecular formula is C12H17FN2O4S. The van der Waals surface area contributed by atoms with E-state index in [1.807, 2.05) is 0 Å². The van der Waals surface area contributed by atoms with Crippen molar-refractivity contribution in [1.82, 2.24) is 9.21 Å². The summed E-state index contributed by atoms with van der Waals surface area (Å²) < 4.78 is 45.2.